The average molecular weight is 340 g/mol. The van der Waals surface area contributed by atoms with E-state index in [0.29, 0.717) is 0 Å². The zero-order chi connectivity index (χ0) is 16.9. The van der Waals surface area contributed by atoms with Gasteiger partial charge in [0.05, 0.1) is 5.69 Å². The Labute approximate surface area is 143 Å². The summed E-state index contributed by atoms with van der Waals surface area (Å²) < 4.78 is 7.67. The molecule has 2 rings (SSSR count). The van der Waals surface area contributed by atoms with Crippen molar-refractivity contribution in [3.05, 3.63) is 17.0 Å². The summed E-state index contributed by atoms with van der Waals surface area (Å²) in [5.74, 6) is 0.840. The number of aliphatic imine (C=N–C) groups is 1. The molecule has 7 heteroatoms. The Balaban J connectivity index is 1.90. The monoisotopic (exact) mass is 339 g/mol. The molecule has 1 aliphatic heterocycles. The van der Waals surface area contributed by atoms with Crippen molar-refractivity contribution in [2.45, 2.75) is 38.0 Å². The van der Waals surface area contributed by atoms with Gasteiger partial charge in [0.15, 0.2) is 5.96 Å². The zero-order valence-electron chi connectivity index (χ0n) is 14.9. The van der Waals surface area contributed by atoms with Crippen LogP contribution >= 0.6 is 11.8 Å². The molecule has 0 aliphatic carbocycles. The maximum Gasteiger partial charge on any atom is 0.191 e. The van der Waals surface area contributed by atoms with Gasteiger partial charge in [-0.15, -0.1) is 0 Å². The minimum atomic E-state index is 0.246. The highest BCUT2D eigenvalue weighted by Crippen LogP contribution is 2.32. The molecule has 1 aromatic rings. The molecule has 0 amide bonds. The Morgan fingerprint density at radius 2 is 2.04 bits per heavy atom. The predicted molar refractivity (Wildman–Crippen MR) is 97.2 cm³/mol. The van der Waals surface area contributed by atoms with Crippen LogP contribution < -0.4 is 10.6 Å². The van der Waals surface area contributed by atoms with Crippen LogP contribution in [0.2, 0.25) is 0 Å². The second kappa shape index (κ2) is 8.06. The van der Waals surface area contributed by atoms with Crippen LogP contribution in [0, 0.1) is 13.8 Å². The average Bonchev–Trinajstić information content (AvgIpc) is 2.81. The molecule has 2 N–H and O–H groups in total. The Hall–Kier alpha value is -1.21. The van der Waals surface area contributed by atoms with E-state index in [1.165, 1.54) is 11.3 Å². The number of nitrogens with one attached hydrogen (secondary N) is 2. The van der Waals surface area contributed by atoms with Crippen molar-refractivity contribution in [1.29, 1.82) is 0 Å². The fraction of sp³-hybridized carbons (Fsp3) is 0.750. The van der Waals surface area contributed by atoms with E-state index in [1.54, 1.807) is 0 Å². The molecule has 1 aromatic heterocycles. The molecule has 23 heavy (non-hydrogen) atoms. The first-order valence-electron chi connectivity index (χ1n) is 8.08. The number of rotatable bonds is 5. The summed E-state index contributed by atoms with van der Waals surface area (Å²) in [5.41, 5.74) is 3.49. The van der Waals surface area contributed by atoms with Gasteiger partial charge in [0.1, 0.15) is 0 Å². The van der Waals surface area contributed by atoms with Gasteiger partial charge in [0.25, 0.3) is 0 Å². The van der Waals surface area contributed by atoms with E-state index in [1.807, 2.05) is 37.5 Å². The molecule has 0 spiro atoms. The quantitative estimate of drug-likeness (QED) is 0.630. The summed E-state index contributed by atoms with van der Waals surface area (Å²) in [4.78, 5) is 4.35. The van der Waals surface area contributed by atoms with Crippen molar-refractivity contribution in [1.82, 2.24) is 20.4 Å². The van der Waals surface area contributed by atoms with Crippen molar-refractivity contribution in [2.24, 2.45) is 12.0 Å². The summed E-state index contributed by atoms with van der Waals surface area (Å²) in [6.45, 7) is 7.48. The van der Waals surface area contributed by atoms with E-state index < -0.39 is 0 Å². The smallest absolute Gasteiger partial charge is 0.191 e. The fourth-order valence-electron chi connectivity index (χ4n) is 2.91. The van der Waals surface area contributed by atoms with Crippen LogP contribution in [-0.4, -0.2) is 53.5 Å². The third-order valence-electron chi connectivity index (χ3n) is 4.73. The maximum absolute atomic E-state index is 5.50. The third kappa shape index (κ3) is 4.41. The number of ether oxygens (including phenoxy) is 1. The first kappa shape index (κ1) is 18.1. The van der Waals surface area contributed by atoms with Gasteiger partial charge in [-0.2, -0.15) is 16.9 Å². The van der Waals surface area contributed by atoms with Gasteiger partial charge in [-0.05, 0) is 32.9 Å². The molecule has 1 aliphatic rings. The van der Waals surface area contributed by atoms with Gasteiger partial charge >= 0.3 is 0 Å². The molecule has 0 aromatic carbocycles. The Morgan fingerprint density at radius 1 is 1.35 bits per heavy atom. The summed E-state index contributed by atoms with van der Waals surface area (Å²) in [6.07, 6.45) is 4.35. The second-order valence-electron chi connectivity index (χ2n) is 6.05. The molecule has 0 bridgehead atoms. The first-order chi connectivity index (χ1) is 11.0. The lowest BCUT2D eigenvalue weighted by atomic mass is 9.99. The van der Waals surface area contributed by atoms with Crippen LogP contribution in [0.3, 0.4) is 0 Å². The van der Waals surface area contributed by atoms with E-state index in [2.05, 4.69) is 33.9 Å². The van der Waals surface area contributed by atoms with Crippen molar-refractivity contribution in [3.8, 4) is 0 Å². The van der Waals surface area contributed by atoms with Crippen LogP contribution in [0.25, 0.3) is 0 Å². The Kier molecular flexibility index (Phi) is 6.35. The van der Waals surface area contributed by atoms with Gasteiger partial charge in [-0.25, -0.2) is 0 Å². The molecule has 0 saturated carbocycles. The number of hydrogen-bond acceptors (Lipinski definition) is 4. The van der Waals surface area contributed by atoms with Gasteiger partial charge in [-0.3, -0.25) is 9.67 Å². The molecule has 6 nitrogen and oxygen atoms in total. The summed E-state index contributed by atoms with van der Waals surface area (Å²) in [6, 6.07) is 0. The number of aromatic nitrogens is 2. The number of aryl methyl sites for hydroxylation is 2. The van der Waals surface area contributed by atoms with Crippen LogP contribution in [0.1, 0.15) is 29.8 Å². The molecular weight excluding hydrogens is 310 g/mol. The topological polar surface area (TPSA) is 63.5 Å². The molecule has 1 fully saturated rings. The lowest BCUT2D eigenvalue weighted by Crippen LogP contribution is -2.47. The third-order valence-corrected chi connectivity index (χ3v) is 6.15. The van der Waals surface area contributed by atoms with Crippen molar-refractivity contribution >= 4 is 17.7 Å². The normalized spacial score (nSPS) is 18.0. The molecule has 2 heterocycles. The molecule has 0 radical (unpaired) electrons. The highest BCUT2D eigenvalue weighted by atomic mass is 32.2. The fourth-order valence-corrected chi connectivity index (χ4v) is 3.70. The van der Waals surface area contributed by atoms with Crippen LogP contribution in [0.15, 0.2) is 4.99 Å². The van der Waals surface area contributed by atoms with Crippen molar-refractivity contribution in [2.75, 3.05) is 33.1 Å². The predicted octanol–water partition coefficient (Wildman–Crippen LogP) is 1.61. The van der Waals surface area contributed by atoms with E-state index in [0.717, 1.165) is 50.8 Å². The number of nitrogens with zero attached hydrogens (tertiary/aromatic N) is 3. The highest BCUT2D eigenvalue weighted by molar-refractivity contribution is 8.00. The molecule has 0 atom stereocenters. The largest absolute Gasteiger partial charge is 0.381 e. The summed E-state index contributed by atoms with van der Waals surface area (Å²) >= 11 is 1.93. The summed E-state index contributed by atoms with van der Waals surface area (Å²) in [7, 11) is 3.79. The van der Waals surface area contributed by atoms with E-state index in [9.17, 15) is 0 Å². The second-order valence-corrected chi connectivity index (χ2v) is 7.33. The zero-order valence-corrected chi connectivity index (χ0v) is 15.7. The van der Waals surface area contributed by atoms with E-state index in [-0.39, 0.29) is 4.75 Å². The molecule has 1 saturated heterocycles. The standard InChI is InChI=1S/C16H29N5OS/c1-12-14(13(2)21(4)20-12)10-18-15(17-3)19-11-16(23-5)6-8-22-9-7-16/h6-11H2,1-5H3,(H2,17,18,19). The Bertz CT molecular complexity index is 549. The van der Waals surface area contributed by atoms with Crippen molar-refractivity contribution < 1.29 is 4.74 Å². The van der Waals surface area contributed by atoms with Gasteiger partial charge in [0.2, 0.25) is 0 Å². The minimum absolute atomic E-state index is 0.246. The minimum Gasteiger partial charge on any atom is -0.381 e. The molecular formula is C16H29N5OS. The number of hydrogen-bond donors (Lipinski definition) is 2. The van der Waals surface area contributed by atoms with E-state index >= 15 is 0 Å². The van der Waals surface area contributed by atoms with Crippen LogP contribution in [-0.2, 0) is 18.3 Å². The van der Waals surface area contributed by atoms with Gasteiger partial charge < -0.3 is 15.4 Å². The van der Waals surface area contributed by atoms with Crippen molar-refractivity contribution in [3.63, 3.8) is 0 Å². The number of guanidine groups is 1. The van der Waals surface area contributed by atoms with Gasteiger partial charge in [0, 0.05) is 56.4 Å². The maximum atomic E-state index is 5.50. The van der Waals surface area contributed by atoms with Gasteiger partial charge in [-0.1, -0.05) is 0 Å². The number of thioether (sulfide) groups is 1. The lowest BCUT2D eigenvalue weighted by molar-refractivity contribution is 0.0783. The lowest BCUT2D eigenvalue weighted by Gasteiger charge is -2.36. The molecule has 130 valence electrons. The highest BCUT2D eigenvalue weighted by Gasteiger charge is 2.31. The van der Waals surface area contributed by atoms with E-state index in [4.69, 9.17) is 4.74 Å². The Morgan fingerprint density at radius 3 is 2.57 bits per heavy atom. The van der Waals surface area contributed by atoms with Crippen LogP contribution in [0.4, 0.5) is 0 Å². The molecule has 0 unspecified atom stereocenters. The SMILES string of the molecule is CN=C(NCc1c(C)nn(C)c1C)NCC1(SC)CCOCC1. The first-order valence-corrected chi connectivity index (χ1v) is 9.30. The summed E-state index contributed by atoms with van der Waals surface area (Å²) in [5, 5.41) is 11.3. The van der Waals surface area contributed by atoms with Crippen LogP contribution in [0.5, 0.6) is 0 Å².